The minimum absolute atomic E-state index is 0.0150. The maximum atomic E-state index is 12.7. The number of aliphatic hydroxyl groups excluding tert-OH is 3. The fourth-order valence-corrected chi connectivity index (χ4v) is 2.82. The number of hydrogen-bond donors (Lipinski definition) is 4. The van der Waals surface area contributed by atoms with Crippen molar-refractivity contribution in [2.75, 3.05) is 6.61 Å². The summed E-state index contributed by atoms with van der Waals surface area (Å²) in [6.07, 6.45) is 6.02. The Morgan fingerprint density at radius 2 is 1.92 bits per heavy atom. The standard InChI is InChI=1S/C19H28O6/c1-3-4-5-6-7-8-13-15(11-20)18(23)17(22)14(16(13)21)10-9-12(2)19(24)25/h7-9,14,17-18,20,22-23H,3-6,10-11H2,1-2H3,(H,24,25)/b8-7+,12-9+/t14-,17-,18+/m0/s1. The first-order valence-electron chi connectivity index (χ1n) is 8.65. The number of hydrogen-bond acceptors (Lipinski definition) is 5. The molecule has 0 unspecified atom stereocenters. The van der Waals surface area contributed by atoms with Crippen LogP contribution in [-0.4, -0.2) is 51.0 Å². The smallest absolute Gasteiger partial charge is 0.330 e. The first kappa shape index (κ1) is 21.3. The van der Waals surface area contributed by atoms with E-state index in [1.54, 1.807) is 6.08 Å². The zero-order valence-corrected chi connectivity index (χ0v) is 14.8. The quantitative estimate of drug-likeness (QED) is 0.371. The molecule has 0 fully saturated rings. The van der Waals surface area contributed by atoms with Gasteiger partial charge >= 0.3 is 5.97 Å². The van der Waals surface area contributed by atoms with E-state index in [0.717, 1.165) is 25.7 Å². The predicted octanol–water partition coefficient (Wildman–Crippen LogP) is 1.75. The molecule has 1 rings (SSSR count). The van der Waals surface area contributed by atoms with Gasteiger partial charge in [-0.15, -0.1) is 0 Å². The lowest BCUT2D eigenvalue weighted by atomic mass is 9.77. The number of rotatable bonds is 9. The molecule has 140 valence electrons. The first-order valence-corrected chi connectivity index (χ1v) is 8.65. The van der Waals surface area contributed by atoms with Crippen LogP contribution in [-0.2, 0) is 9.59 Å². The highest BCUT2D eigenvalue weighted by molar-refractivity contribution is 6.02. The molecule has 0 saturated carbocycles. The van der Waals surface area contributed by atoms with Crippen LogP contribution < -0.4 is 0 Å². The molecule has 0 heterocycles. The number of allylic oxidation sites excluding steroid dienone is 4. The van der Waals surface area contributed by atoms with Gasteiger partial charge in [0.15, 0.2) is 5.78 Å². The maximum Gasteiger partial charge on any atom is 0.330 e. The Labute approximate surface area is 148 Å². The number of Topliss-reactive ketones (excluding diaryl/α,β-unsaturated/α-hetero) is 1. The van der Waals surface area contributed by atoms with Crippen molar-refractivity contribution in [3.8, 4) is 0 Å². The summed E-state index contributed by atoms with van der Waals surface area (Å²) in [7, 11) is 0. The molecule has 6 heteroatoms. The molecule has 0 aromatic heterocycles. The number of carboxylic acid groups (broad SMARTS) is 1. The van der Waals surface area contributed by atoms with E-state index in [1.807, 2.05) is 6.08 Å². The molecule has 0 radical (unpaired) electrons. The van der Waals surface area contributed by atoms with E-state index < -0.39 is 30.7 Å². The third-order valence-corrected chi connectivity index (χ3v) is 4.49. The highest BCUT2D eigenvalue weighted by Crippen LogP contribution is 2.31. The Morgan fingerprint density at radius 1 is 1.24 bits per heavy atom. The molecule has 3 atom stereocenters. The molecule has 1 aliphatic carbocycles. The average molecular weight is 352 g/mol. The topological polar surface area (TPSA) is 115 Å². The summed E-state index contributed by atoms with van der Waals surface area (Å²) in [5.74, 6) is -2.42. The van der Waals surface area contributed by atoms with Gasteiger partial charge in [-0.3, -0.25) is 4.79 Å². The summed E-state index contributed by atoms with van der Waals surface area (Å²) in [6, 6.07) is 0. The fraction of sp³-hybridized carbons (Fsp3) is 0.579. The molecular weight excluding hydrogens is 324 g/mol. The van der Waals surface area contributed by atoms with Gasteiger partial charge in [0, 0.05) is 11.1 Å². The lowest BCUT2D eigenvalue weighted by Gasteiger charge is -2.33. The summed E-state index contributed by atoms with van der Waals surface area (Å²) in [6.45, 7) is 2.98. The molecule has 0 aliphatic heterocycles. The number of aliphatic carboxylic acids is 1. The zero-order chi connectivity index (χ0) is 19.0. The first-order chi connectivity index (χ1) is 11.8. The molecule has 1 aliphatic rings. The molecule has 0 aromatic carbocycles. The van der Waals surface area contributed by atoms with Crippen LogP contribution in [0, 0.1) is 5.92 Å². The van der Waals surface area contributed by atoms with Gasteiger partial charge in [0.2, 0.25) is 0 Å². The number of aliphatic hydroxyl groups is 3. The van der Waals surface area contributed by atoms with Crippen molar-refractivity contribution in [1.82, 2.24) is 0 Å². The Balaban J connectivity index is 3.02. The molecule has 0 spiro atoms. The van der Waals surface area contributed by atoms with Crippen molar-refractivity contribution < 1.29 is 30.0 Å². The van der Waals surface area contributed by atoms with Gasteiger partial charge in [0.05, 0.1) is 18.6 Å². The number of carbonyl (C=O) groups excluding carboxylic acids is 1. The summed E-state index contributed by atoms with van der Waals surface area (Å²) >= 11 is 0. The molecule has 0 bridgehead atoms. The predicted molar refractivity (Wildman–Crippen MR) is 93.9 cm³/mol. The van der Waals surface area contributed by atoms with Crippen LogP contribution in [0.15, 0.2) is 34.9 Å². The largest absolute Gasteiger partial charge is 0.478 e. The van der Waals surface area contributed by atoms with E-state index in [0.29, 0.717) is 0 Å². The second-order valence-electron chi connectivity index (χ2n) is 6.33. The molecule has 0 amide bonds. The van der Waals surface area contributed by atoms with Gasteiger partial charge in [-0.2, -0.15) is 0 Å². The highest BCUT2D eigenvalue weighted by atomic mass is 16.4. The highest BCUT2D eigenvalue weighted by Gasteiger charge is 2.40. The lowest BCUT2D eigenvalue weighted by molar-refractivity contribution is -0.133. The minimum atomic E-state index is -1.37. The second-order valence-corrected chi connectivity index (χ2v) is 6.33. The number of ketones is 1. The number of carbonyl (C=O) groups is 2. The van der Waals surface area contributed by atoms with Gasteiger partial charge in [0.25, 0.3) is 0 Å². The van der Waals surface area contributed by atoms with Gasteiger partial charge in [0.1, 0.15) is 6.10 Å². The zero-order valence-electron chi connectivity index (χ0n) is 14.8. The van der Waals surface area contributed by atoms with Crippen LogP contribution in [0.2, 0.25) is 0 Å². The normalized spacial score (nSPS) is 25.1. The van der Waals surface area contributed by atoms with Gasteiger partial charge < -0.3 is 20.4 Å². The molecule has 4 N–H and O–H groups in total. The van der Waals surface area contributed by atoms with E-state index in [4.69, 9.17) is 5.11 Å². The minimum Gasteiger partial charge on any atom is -0.478 e. The number of carboxylic acids is 1. The summed E-state index contributed by atoms with van der Waals surface area (Å²) in [5.41, 5.74) is 0.394. The SMILES string of the molecule is CCCCC/C=C/C1=C(CO)[C@@H](O)[C@@H](O)[C@@H](C/C=C(\C)C(=O)O)C1=O. The second kappa shape index (κ2) is 10.3. The Hall–Kier alpha value is -1.76. The van der Waals surface area contributed by atoms with Crippen molar-refractivity contribution in [3.05, 3.63) is 34.9 Å². The average Bonchev–Trinajstić information content (AvgIpc) is 2.58. The molecule has 0 aromatic rings. The van der Waals surface area contributed by atoms with E-state index >= 15 is 0 Å². The van der Waals surface area contributed by atoms with Crippen LogP contribution in [0.4, 0.5) is 0 Å². The molecule has 0 saturated heterocycles. The summed E-state index contributed by atoms with van der Waals surface area (Å²) < 4.78 is 0. The van der Waals surface area contributed by atoms with E-state index in [1.165, 1.54) is 13.0 Å². The van der Waals surface area contributed by atoms with Gasteiger partial charge in [-0.25, -0.2) is 4.79 Å². The van der Waals surface area contributed by atoms with Crippen LogP contribution in [0.3, 0.4) is 0 Å². The third kappa shape index (κ3) is 5.63. The van der Waals surface area contributed by atoms with E-state index in [2.05, 4.69) is 6.92 Å². The van der Waals surface area contributed by atoms with E-state index in [9.17, 15) is 24.9 Å². The van der Waals surface area contributed by atoms with Crippen LogP contribution in [0.5, 0.6) is 0 Å². The van der Waals surface area contributed by atoms with Crippen molar-refractivity contribution in [2.24, 2.45) is 5.92 Å². The van der Waals surface area contributed by atoms with Crippen molar-refractivity contribution in [3.63, 3.8) is 0 Å². The number of unbranched alkanes of at least 4 members (excludes halogenated alkanes) is 3. The molecule has 25 heavy (non-hydrogen) atoms. The molecular formula is C19H28O6. The van der Waals surface area contributed by atoms with Crippen molar-refractivity contribution >= 4 is 11.8 Å². The van der Waals surface area contributed by atoms with E-state index in [-0.39, 0.29) is 28.9 Å². The van der Waals surface area contributed by atoms with Crippen LogP contribution in [0.1, 0.15) is 46.0 Å². The Morgan fingerprint density at radius 3 is 2.48 bits per heavy atom. The summed E-state index contributed by atoms with van der Waals surface area (Å²) in [4.78, 5) is 23.6. The maximum absolute atomic E-state index is 12.7. The summed E-state index contributed by atoms with van der Waals surface area (Å²) in [5, 5.41) is 38.8. The fourth-order valence-electron chi connectivity index (χ4n) is 2.82. The van der Waals surface area contributed by atoms with Crippen LogP contribution in [0.25, 0.3) is 0 Å². The Bertz CT molecular complexity index is 572. The van der Waals surface area contributed by atoms with Crippen molar-refractivity contribution in [2.45, 2.75) is 58.2 Å². The van der Waals surface area contributed by atoms with Crippen molar-refractivity contribution in [1.29, 1.82) is 0 Å². The molecule has 6 nitrogen and oxygen atoms in total. The van der Waals surface area contributed by atoms with Gasteiger partial charge in [-0.05, 0) is 31.8 Å². The van der Waals surface area contributed by atoms with Crippen LogP contribution >= 0.6 is 0 Å². The Kier molecular flexibility index (Phi) is 8.75. The van der Waals surface area contributed by atoms with Gasteiger partial charge in [-0.1, -0.05) is 38.0 Å². The lowest BCUT2D eigenvalue weighted by Crippen LogP contribution is -2.45. The third-order valence-electron chi connectivity index (χ3n) is 4.49. The monoisotopic (exact) mass is 352 g/mol.